The SMILES string of the molecule is CS(=O)(=O)N1C[C@@H]2[C@H](CC(=O)N3CCCCO3)CO[C@@H]2C1. The zero-order valence-corrected chi connectivity index (χ0v) is 13.0. The molecule has 120 valence electrons. The minimum absolute atomic E-state index is 0.0123. The molecule has 0 bridgehead atoms. The summed E-state index contributed by atoms with van der Waals surface area (Å²) in [6, 6.07) is 0. The van der Waals surface area contributed by atoms with E-state index in [-0.39, 0.29) is 23.8 Å². The lowest BCUT2D eigenvalue weighted by atomic mass is 9.90. The Hall–Kier alpha value is -0.700. The quantitative estimate of drug-likeness (QED) is 0.722. The van der Waals surface area contributed by atoms with E-state index in [4.69, 9.17) is 9.57 Å². The molecular weight excluding hydrogens is 296 g/mol. The number of hydrogen-bond donors (Lipinski definition) is 0. The summed E-state index contributed by atoms with van der Waals surface area (Å²) < 4.78 is 30.4. The largest absolute Gasteiger partial charge is 0.376 e. The number of sulfonamides is 1. The van der Waals surface area contributed by atoms with Crippen molar-refractivity contribution in [2.24, 2.45) is 11.8 Å². The first kappa shape index (κ1) is 15.2. The molecule has 0 N–H and O–H groups in total. The molecular formula is C13H22N2O5S. The molecule has 1 amide bonds. The van der Waals surface area contributed by atoms with Crippen LogP contribution >= 0.6 is 0 Å². The number of ether oxygens (including phenoxy) is 1. The van der Waals surface area contributed by atoms with Crippen LogP contribution in [0.25, 0.3) is 0 Å². The van der Waals surface area contributed by atoms with Crippen LogP contribution in [0.2, 0.25) is 0 Å². The van der Waals surface area contributed by atoms with Crippen molar-refractivity contribution in [3.63, 3.8) is 0 Å². The Balaban J connectivity index is 1.58. The number of carbonyl (C=O) groups is 1. The number of hydrogen-bond acceptors (Lipinski definition) is 5. The highest BCUT2D eigenvalue weighted by atomic mass is 32.2. The first-order valence-corrected chi connectivity index (χ1v) is 9.30. The highest BCUT2D eigenvalue weighted by Gasteiger charge is 2.47. The van der Waals surface area contributed by atoms with E-state index in [0.717, 1.165) is 12.8 Å². The lowest BCUT2D eigenvalue weighted by molar-refractivity contribution is -0.198. The van der Waals surface area contributed by atoms with Gasteiger partial charge >= 0.3 is 0 Å². The number of rotatable bonds is 3. The second kappa shape index (κ2) is 5.83. The maximum atomic E-state index is 12.2. The minimum Gasteiger partial charge on any atom is -0.376 e. The molecule has 0 radical (unpaired) electrons. The Bertz CT molecular complexity index is 503. The van der Waals surface area contributed by atoms with Gasteiger partial charge in [0.05, 0.1) is 25.6 Å². The van der Waals surface area contributed by atoms with Gasteiger partial charge in [0.25, 0.3) is 0 Å². The summed E-state index contributed by atoms with van der Waals surface area (Å²) in [6.07, 6.45) is 3.49. The van der Waals surface area contributed by atoms with E-state index >= 15 is 0 Å². The van der Waals surface area contributed by atoms with Crippen molar-refractivity contribution in [1.29, 1.82) is 0 Å². The van der Waals surface area contributed by atoms with E-state index < -0.39 is 10.0 Å². The molecule has 3 atom stereocenters. The van der Waals surface area contributed by atoms with Gasteiger partial charge in [-0.05, 0) is 18.8 Å². The molecule has 0 aromatic carbocycles. The maximum absolute atomic E-state index is 12.2. The fraction of sp³-hybridized carbons (Fsp3) is 0.923. The molecule has 3 aliphatic heterocycles. The fourth-order valence-corrected chi connectivity index (χ4v) is 4.22. The van der Waals surface area contributed by atoms with Crippen LogP contribution < -0.4 is 0 Å². The number of fused-ring (bicyclic) bond motifs is 1. The summed E-state index contributed by atoms with van der Waals surface area (Å²) in [5.41, 5.74) is 0. The number of nitrogens with zero attached hydrogens (tertiary/aromatic N) is 2. The van der Waals surface area contributed by atoms with Crippen LogP contribution in [0.15, 0.2) is 0 Å². The molecule has 21 heavy (non-hydrogen) atoms. The van der Waals surface area contributed by atoms with Crippen molar-refractivity contribution < 1.29 is 22.8 Å². The number of hydroxylamine groups is 2. The van der Waals surface area contributed by atoms with Crippen molar-refractivity contribution in [3.05, 3.63) is 0 Å². The van der Waals surface area contributed by atoms with Gasteiger partial charge in [-0.25, -0.2) is 13.5 Å². The molecule has 3 rings (SSSR count). The Morgan fingerprint density at radius 3 is 2.76 bits per heavy atom. The summed E-state index contributed by atoms with van der Waals surface area (Å²) in [5, 5.41) is 1.46. The van der Waals surface area contributed by atoms with Crippen molar-refractivity contribution in [3.8, 4) is 0 Å². The smallest absolute Gasteiger partial charge is 0.246 e. The molecule has 3 fully saturated rings. The van der Waals surface area contributed by atoms with Crippen LogP contribution in [0, 0.1) is 11.8 Å². The van der Waals surface area contributed by atoms with E-state index in [0.29, 0.717) is 39.3 Å². The van der Waals surface area contributed by atoms with Crippen LogP contribution in [-0.2, 0) is 24.4 Å². The first-order valence-electron chi connectivity index (χ1n) is 7.45. The summed E-state index contributed by atoms with van der Waals surface area (Å²) in [6.45, 7) is 2.65. The number of amides is 1. The van der Waals surface area contributed by atoms with E-state index in [2.05, 4.69) is 0 Å². The molecule has 0 saturated carbocycles. The second-order valence-electron chi connectivity index (χ2n) is 6.12. The third-order valence-corrected chi connectivity index (χ3v) is 5.83. The van der Waals surface area contributed by atoms with Crippen LogP contribution in [0.1, 0.15) is 19.3 Å². The molecule has 0 aliphatic carbocycles. The van der Waals surface area contributed by atoms with Gasteiger partial charge in [-0.3, -0.25) is 9.63 Å². The molecule has 0 aromatic rings. The van der Waals surface area contributed by atoms with Crippen molar-refractivity contribution in [1.82, 2.24) is 9.37 Å². The summed E-state index contributed by atoms with van der Waals surface area (Å²) in [7, 11) is -3.18. The van der Waals surface area contributed by atoms with Gasteiger partial charge in [-0.1, -0.05) is 0 Å². The topological polar surface area (TPSA) is 76.2 Å². The Morgan fingerprint density at radius 2 is 2.10 bits per heavy atom. The Labute approximate surface area is 125 Å². The molecule has 0 aromatic heterocycles. The third-order valence-electron chi connectivity index (χ3n) is 4.59. The average Bonchev–Trinajstić information content (AvgIpc) is 3.01. The van der Waals surface area contributed by atoms with Crippen molar-refractivity contribution in [2.45, 2.75) is 25.4 Å². The van der Waals surface area contributed by atoms with Crippen LogP contribution in [-0.4, -0.2) is 68.9 Å². The highest BCUT2D eigenvalue weighted by Crippen LogP contribution is 2.36. The van der Waals surface area contributed by atoms with E-state index in [1.165, 1.54) is 15.6 Å². The zero-order chi connectivity index (χ0) is 15.0. The van der Waals surface area contributed by atoms with E-state index in [1.807, 2.05) is 0 Å². The van der Waals surface area contributed by atoms with Gasteiger partial charge in [0.15, 0.2) is 0 Å². The molecule has 0 spiro atoms. The molecule has 0 unspecified atom stereocenters. The monoisotopic (exact) mass is 318 g/mol. The van der Waals surface area contributed by atoms with Crippen molar-refractivity contribution in [2.75, 3.05) is 39.1 Å². The van der Waals surface area contributed by atoms with Gasteiger partial charge in [-0.15, -0.1) is 0 Å². The lowest BCUT2D eigenvalue weighted by Gasteiger charge is -2.27. The molecule has 3 heterocycles. The normalized spacial score (nSPS) is 34.1. The maximum Gasteiger partial charge on any atom is 0.246 e. The van der Waals surface area contributed by atoms with E-state index in [1.54, 1.807) is 0 Å². The van der Waals surface area contributed by atoms with E-state index in [9.17, 15) is 13.2 Å². The lowest BCUT2D eigenvalue weighted by Crippen LogP contribution is -2.38. The fourth-order valence-electron chi connectivity index (χ4n) is 3.36. The molecule has 8 heteroatoms. The first-order chi connectivity index (χ1) is 9.95. The van der Waals surface area contributed by atoms with Crippen LogP contribution in [0.4, 0.5) is 0 Å². The number of carbonyl (C=O) groups excluding carboxylic acids is 1. The Kier molecular flexibility index (Phi) is 4.22. The van der Waals surface area contributed by atoms with Gasteiger partial charge < -0.3 is 4.74 Å². The molecule has 3 saturated heterocycles. The van der Waals surface area contributed by atoms with Crippen molar-refractivity contribution >= 4 is 15.9 Å². The standard InChI is InChI=1S/C13H22N2O5S/c1-21(17,18)14-7-11-10(9-19-12(11)8-14)6-13(16)15-4-2-3-5-20-15/h10-12H,2-9H2,1H3/t10-,11-,12-/m1/s1. The van der Waals surface area contributed by atoms with Gasteiger partial charge in [0.1, 0.15) is 0 Å². The third kappa shape index (κ3) is 3.23. The highest BCUT2D eigenvalue weighted by molar-refractivity contribution is 7.88. The van der Waals surface area contributed by atoms with Gasteiger partial charge in [0, 0.05) is 32.0 Å². The van der Waals surface area contributed by atoms with Crippen LogP contribution in [0.3, 0.4) is 0 Å². The average molecular weight is 318 g/mol. The summed E-state index contributed by atoms with van der Waals surface area (Å²) >= 11 is 0. The predicted octanol–water partition coefficient (Wildman–Crippen LogP) is -0.163. The Morgan fingerprint density at radius 1 is 1.29 bits per heavy atom. The molecule has 7 nitrogen and oxygen atoms in total. The summed E-state index contributed by atoms with van der Waals surface area (Å²) in [5.74, 6) is 0.190. The second-order valence-corrected chi connectivity index (χ2v) is 8.10. The minimum atomic E-state index is -3.18. The molecule has 3 aliphatic rings. The predicted molar refractivity (Wildman–Crippen MR) is 74.7 cm³/mol. The van der Waals surface area contributed by atoms with Gasteiger partial charge in [0.2, 0.25) is 15.9 Å². The zero-order valence-electron chi connectivity index (χ0n) is 12.2. The summed E-state index contributed by atoms with van der Waals surface area (Å²) in [4.78, 5) is 17.6. The van der Waals surface area contributed by atoms with Gasteiger partial charge in [-0.2, -0.15) is 4.31 Å². The van der Waals surface area contributed by atoms with Crippen LogP contribution in [0.5, 0.6) is 0 Å².